The van der Waals surface area contributed by atoms with Gasteiger partial charge in [-0.25, -0.2) is 0 Å². The molecule has 146 valence electrons. The molecule has 1 atom stereocenters. The Bertz CT molecular complexity index is 963. The Morgan fingerprint density at radius 1 is 1.25 bits per heavy atom. The van der Waals surface area contributed by atoms with Crippen LogP contribution in [-0.4, -0.2) is 27.6 Å². The number of amidine groups is 1. The second-order valence-corrected chi connectivity index (χ2v) is 7.41. The number of phenolic OH excluding ortho intramolecular Hbond substituents is 1. The number of nitrogens with one attached hydrogen (secondary N) is 1. The zero-order chi connectivity index (χ0) is 20.3. The summed E-state index contributed by atoms with van der Waals surface area (Å²) in [6.07, 6.45) is -3.15. The van der Waals surface area contributed by atoms with Crippen LogP contribution in [0.4, 0.5) is 13.2 Å². The highest BCUT2D eigenvalue weighted by Crippen LogP contribution is 2.33. The maximum Gasteiger partial charge on any atom is 0.416 e. The van der Waals surface area contributed by atoms with Gasteiger partial charge in [-0.1, -0.05) is 35.5 Å². The van der Waals surface area contributed by atoms with Crippen molar-refractivity contribution in [2.75, 3.05) is 0 Å². The first-order chi connectivity index (χ1) is 13.2. The van der Waals surface area contributed by atoms with Crippen molar-refractivity contribution < 1.29 is 23.1 Å². The monoisotopic (exact) mass is 427 g/mol. The van der Waals surface area contributed by atoms with E-state index in [2.05, 4.69) is 15.5 Å². The van der Waals surface area contributed by atoms with E-state index in [9.17, 15) is 23.1 Å². The second kappa shape index (κ2) is 8.24. The lowest BCUT2D eigenvalue weighted by molar-refractivity contribution is -0.137. The number of alkyl halides is 3. The van der Waals surface area contributed by atoms with Gasteiger partial charge < -0.3 is 10.4 Å². The quantitative estimate of drug-likeness (QED) is 0.566. The predicted molar refractivity (Wildman–Crippen MR) is 103 cm³/mol. The largest absolute Gasteiger partial charge is 0.507 e. The van der Waals surface area contributed by atoms with E-state index < -0.39 is 22.9 Å². The van der Waals surface area contributed by atoms with Gasteiger partial charge in [-0.3, -0.25) is 4.79 Å². The summed E-state index contributed by atoms with van der Waals surface area (Å²) in [4.78, 5) is 12.1. The molecule has 1 saturated heterocycles. The van der Waals surface area contributed by atoms with Gasteiger partial charge in [-0.2, -0.15) is 18.3 Å². The van der Waals surface area contributed by atoms with Gasteiger partial charge in [0.25, 0.3) is 0 Å². The fourth-order valence-corrected chi connectivity index (χ4v) is 3.58. The number of para-hydroxylation sites is 1. The molecule has 0 unspecified atom stereocenters. The van der Waals surface area contributed by atoms with Gasteiger partial charge in [-0.05, 0) is 42.3 Å². The number of phenols is 1. The molecule has 2 aromatic carbocycles. The molecule has 10 heteroatoms. The van der Waals surface area contributed by atoms with Gasteiger partial charge in [0.1, 0.15) is 5.75 Å². The fourth-order valence-electron chi connectivity index (χ4n) is 2.43. The number of carbonyl (C=O) groups excluding carboxylic acids is 1. The normalized spacial score (nSPS) is 18.8. The van der Waals surface area contributed by atoms with Crippen molar-refractivity contribution in [3.63, 3.8) is 0 Å². The SMILES string of the molecule is O=C1N/C(=N/N=C/c2ccccc2O)S[C@H]1Cc1cc(C(F)(F)F)ccc1Cl. The zero-order valence-electron chi connectivity index (χ0n) is 14.1. The fraction of sp³-hybridized carbons (Fsp3) is 0.167. The van der Waals surface area contributed by atoms with Gasteiger partial charge in [0, 0.05) is 10.6 Å². The van der Waals surface area contributed by atoms with Crippen LogP contribution < -0.4 is 5.32 Å². The van der Waals surface area contributed by atoms with Crippen molar-refractivity contribution >= 4 is 40.7 Å². The first kappa shape index (κ1) is 20.2. The van der Waals surface area contributed by atoms with Crippen molar-refractivity contribution in [3.8, 4) is 5.75 Å². The molecule has 0 aromatic heterocycles. The number of amides is 1. The molecule has 0 radical (unpaired) electrons. The zero-order valence-corrected chi connectivity index (χ0v) is 15.6. The van der Waals surface area contributed by atoms with Crippen LogP contribution in [0.3, 0.4) is 0 Å². The molecule has 1 amide bonds. The van der Waals surface area contributed by atoms with E-state index in [1.54, 1.807) is 18.2 Å². The number of hydrogen-bond donors (Lipinski definition) is 2. The van der Waals surface area contributed by atoms with E-state index in [0.29, 0.717) is 5.56 Å². The number of hydrogen-bond acceptors (Lipinski definition) is 5. The number of carbonyl (C=O) groups is 1. The molecule has 1 heterocycles. The first-order valence-electron chi connectivity index (χ1n) is 7.96. The van der Waals surface area contributed by atoms with Crippen molar-refractivity contribution in [3.05, 3.63) is 64.2 Å². The lowest BCUT2D eigenvalue weighted by atomic mass is 10.1. The third kappa shape index (κ3) is 4.85. The Balaban J connectivity index is 1.71. The Morgan fingerprint density at radius 2 is 2.00 bits per heavy atom. The smallest absolute Gasteiger partial charge is 0.416 e. The Hall–Kier alpha value is -2.52. The average Bonchev–Trinajstić information content (AvgIpc) is 2.97. The van der Waals surface area contributed by atoms with Crippen LogP contribution in [0.15, 0.2) is 52.7 Å². The summed E-state index contributed by atoms with van der Waals surface area (Å²) >= 11 is 7.04. The van der Waals surface area contributed by atoms with Crippen molar-refractivity contribution in [1.82, 2.24) is 5.32 Å². The third-order valence-corrected chi connectivity index (χ3v) is 5.28. The summed E-state index contributed by atoms with van der Waals surface area (Å²) in [6.45, 7) is 0. The molecule has 3 rings (SSSR count). The van der Waals surface area contributed by atoms with E-state index in [1.165, 1.54) is 18.3 Å². The Labute approximate surface area is 167 Å². The molecule has 2 aromatic rings. The number of nitrogens with zero attached hydrogens (tertiary/aromatic N) is 2. The summed E-state index contributed by atoms with van der Waals surface area (Å²) in [6, 6.07) is 9.52. The highest BCUT2D eigenvalue weighted by molar-refractivity contribution is 8.15. The molecule has 1 fully saturated rings. The van der Waals surface area contributed by atoms with E-state index in [-0.39, 0.29) is 27.9 Å². The molecule has 0 bridgehead atoms. The van der Waals surface area contributed by atoms with E-state index >= 15 is 0 Å². The molecule has 0 spiro atoms. The van der Waals surface area contributed by atoms with Crippen LogP contribution in [0.25, 0.3) is 0 Å². The topological polar surface area (TPSA) is 74.0 Å². The number of benzene rings is 2. The molecule has 0 aliphatic carbocycles. The standard InChI is InChI=1S/C18H13ClF3N3O2S/c19-13-6-5-12(18(20,21)22)7-11(13)8-15-16(27)24-17(28-15)25-23-9-10-3-1-2-4-14(10)26/h1-7,9,15,26H,8H2,(H,24,25,27)/b23-9+/t15-/m0/s1. The maximum atomic E-state index is 12.9. The van der Waals surface area contributed by atoms with Gasteiger partial charge in [0.05, 0.1) is 17.0 Å². The van der Waals surface area contributed by atoms with Crippen LogP contribution in [0.1, 0.15) is 16.7 Å². The molecular formula is C18H13ClF3N3O2S. The van der Waals surface area contributed by atoms with E-state index in [4.69, 9.17) is 11.6 Å². The summed E-state index contributed by atoms with van der Waals surface area (Å²) in [7, 11) is 0. The highest BCUT2D eigenvalue weighted by Gasteiger charge is 2.34. The lowest BCUT2D eigenvalue weighted by Crippen LogP contribution is -2.26. The number of rotatable bonds is 4. The molecule has 0 saturated carbocycles. The van der Waals surface area contributed by atoms with Crippen LogP contribution in [-0.2, 0) is 17.4 Å². The molecular weight excluding hydrogens is 415 g/mol. The molecule has 1 aliphatic rings. The minimum atomic E-state index is -4.49. The van der Waals surface area contributed by atoms with Crippen LogP contribution in [0.5, 0.6) is 5.75 Å². The number of halogens is 4. The van der Waals surface area contributed by atoms with Crippen LogP contribution >= 0.6 is 23.4 Å². The average molecular weight is 428 g/mol. The molecule has 5 nitrogen and oxygen atoms in total. The highest BCUT2D eigenvalue weighted by atomic mass is 35.5. The summed E-state index contributed by atoms with van der Waals surface area (Å²) < 4.78 is 38.6. The first-order valence-corrected chi connectivity index (χ1v) is 9.22. The Kier molecular flexibility index (Phi) is 5.95. The number of thioether (sulfide) groups is 1. The minimum absolute atomic E-state index is 0.0153. The van der Waals surface area contributed by atoms with E-state index in [0.717, 1.165) is 23.9 Å². The van der Waals surface area contributed by atoms with Crippen molar-refractivity contribution in [2.24, 2.45) is 10.2 Å². The van der Waals surface area contributed by atoms with Gasteiger partial charge in [0.15, 0.2) is 5.17 Å². The molecule has 28 heavy (non-hydrogen) atoms. The third-order valence-electron chi connectivity index (χ3n) is 3.84. The van der Waals surface area contributed by atoms with Crippen molar-refractivity contribution in [2.45, 2.75) is 17.8 Å². The summed E-state index contributed by atoms with van der Waals surface area (Å²) in [5, 5.41) is 19.6. The minimum Gasteiger partial charge on any atom is -0.507 e. The molecule has 2 N–H and O–H groups in total. The lowest BCUT2D eigenvalue weighted by Gasteiger charge is -2.12. The van der Waals surface area contributed by atoms with Gasteiger partial charge in [0.2, 0.25) is 5.91 Å². The summed E-state index contributed by atoms with van der Waals surface area (Å²) in [5.74, 6) is -0.360. The number of aromatic hydroxyl groups is 1. The Morgan fingerprint density at radius 3 is 2.71 bits per heavy atom. The van der Waals surface area contributed by atoms with Crippen LogP contribution in [0.2, 0.25) is 5.02 Å². The van der Waals surface area contributed by atoms with Crippen LogP contribution in [0, 0.1) is 0 Å². The van der Waals surface area contributed by atoms with Gasteiger partial charge >= 0.3 is 6.18 Å². The van der Waals surface area contributed by atoms with Crippen molar-refractivity contribution in [1.29, 1.82) is 0 Å². The maximum absolute atomic E-state index is 12.9. The molecule has 1 aliphatic heterocycles. The second-order valence-electron chi connectivity index (χ2n) is 5.81. The summed E-state index contributed by atoms with van der Waals surface area (Å²) in [5.41, 5.74) is -0.145. The van der Waals surface area contributed by atoms with Gasteiger partial charge in [-0.15, -0.1) is 5.10 Å². The predicted octanol–water partition coefficient (Wildman–Crippen LogP) is 4.23. The van der Waals surface area contributed by atoms with E-state index in [1.807, 2.05) is 0 Å².